The Labute approximate surface area is 247 Å². The van der Waals surface area contributed by atoms with Crippen LogP contribution in [0.3, 0.4) is 0 Å². The lowest BCUT2D eigenvalue weighted by molar-refractivity contribution is -0.164. The smallest absolute Gasteiger partial charge is 0.394 e. The molecule has 4 atom stereocenters. The van der Waals surface area contributed by atoms with Crippen molar-refractivity contribution in [3.8, 4) is 0 Å². The maximum Gasteiger partial charge on any atom is 0.394 e. The van der Waals surface area contributed by atoms with Gasteiger partial charge in [0.2, 0.25) is 0 Å². The Balaban J connectivity index is 0.000000163. The first-order valence-electron chi connectivity index (χ1n) is 13.6. The Morgan fingerprint density at radius 2 is 1.11 bits per heavy atom. The fourth-order valence-electron chi connectivity index (χ4n) is 11.5. The summed E-state index contributed by atoms with van der Waals surface area (Å²) in [6.07, 6.45) is 16.8. The van der Waals surface area contributed by atoms with Crippen molar-refractivity contribution in [1.82, 2.24) is 0 Å². The molecule has 8 aliphatic carbocycles. The first kappa shape index (κ1) is 32.7. The second kappa shape index (κ2) is 10.8. The summed E-state index contributed by atoms with van der Waals surface area (Å²) >= 11 is 13.7. The molecule has 0 aromatic rings. The van der Waals surface area contributed by atoms with Crippen molar-refractivity contribution in [1.29, 1.82) is 0 Å². The highest BCUT2D eigenvalue weighted by Gasteiger charge is 2.61. The Morgan fingerprint density at radius 1 is 0.789 bits per heavy atom. The van der Waals surface area contributed by atoms with E-state index >= 15 is 0 Å². The Bertz CT molecular complexity index is 967. The van der Waals surface area contributed by atoms with Crippen LogP contribution in [0.15, 0.2) is 11.1 Å². The highest BCUT2D eigenvalue weighted by Crippen LogP contribution is 2.71. The molecule has 220 valence electrons. The van der Waals surface area contributed by atoms with Gasteiger partial charge >= 0.3 is 16.4 Å². The second-order valence-electron chi connectivity index (χ2n) is 15.3. The van der Waals surface area contributed by atoms with Gasteiger partial charge in [-0.1, -0.05) is 73.4 Å². The highest BCUT2D eigenvalue weighted by molar-refractivity contribution is 9.10. The summed E-state index contributed by atoms with van der Waals surface area (Å²) in [4.78, 5) is 11.1. The van der Waals surface area contributed by atoms with E-state index in [9.17, 15) is 4.79 Å². The number of carboxylic acids is 1. The van der Waals surface area contributed by atoms with E-state index in [1.807, 2.05) is 0 Å². The van der Waals surface area contributed by atoms with Gasteiger partial charge in [-0.15, -0.1) is 0 Å². The predicted octanol–water partition coefficient (Wildman–Crippen LogP) is 8.87. The lowest BCUT2D eigenvalue weighted by atomic mass is 9.40. The third-order valence-electron chi connectivity index (χ3n) is 9.83. The van der Waals surface area contributed by atoms with Crippen molar-refractivity contribution in [3.63, 3.8) is 0 Å². The van der Waals surface area contributed by atoms with Crippen LogP contribution in [0.4, 0.5) is 0 Å². The molecule has 0 saturated heterocycles. The van der Waals surface area contributed by atoms with E-state index < -0.39 is 16.4 Å². The topological polar surface area (TPSA) is 112 Å². The third-order valence-corrected chi connectivity index (χ3v) is 10.7. The van der Waals surface area contributed by atoms with Crippen molar-refractivity contribution in [2.24, 2.45) is 38.9 Å². The van der Waals surface area contributed by atoms with Gasteiger partial charge in [0.05, 0.1) is 10.9 Å². The zero-order chi connectivity index (χ0) is 29.0. The van der Waals surface area contributed by atoms with Crippen molar-refractivity contribution < 1.29 is 27.4 Å². The molecule has 0 amide bonds. The maximum absolute atomic E-state index is 11.1. The zero-order valence-electron chi connectivity index (χ0n) is 23.2. The summed E-state index contributed by atoms with van der Waals surface area (Å²) in [5.41, 5.74) is 2.40. The largest absolute Gasteiger partial charge is 0.481 e. The molecular weight excluding hydrogens is 615 g/mol. The van der Waals surface area contributed by atoms with Crippen LogP contribution in [0.25, 0.3) is 0 Å². The van der Waals surface area contributed by atoms with Crippen LogP contribution in [0.1, 0.15) is 111 Å². The van der Waals surface area contributed by atoms with E-state index in [0.717, 1.165) is 11.8 Å². The van der Waals surface area contributed by atoms with Gasteiger partial charge in [-0.2, -0.15) is 8.42 Å². The van der Waals surface area contributed by atoms with E-state index in [2.05, 4.69) is 50.2 Å². The average molecular weight is 661 g/mol. The number of hydrogen-bond acceptors (Lipinski definition) is 3. The molecule has 0 aromatic heterocycles. The summed E-state index contributed by atoms with van der Waals surface area (Å²) in [5.74, 6) is 1.25. The summed E-state index contributed by atoms with van der Waals surface area (Å²) in [6, 6.07) is 0. The fourth-order valence-corrected chi connectivity index (χ4v) is 13.3. The van der Waals surface area contributed by atoms with Gasteiger partial charge < -0.3 is 5.11 Å². The number of halogens is 3. The zero-order valence-corrected chi connectivity index (χ0v) is 27.1. The summed E-state index contributed by atoms with van der Waals surface area (Å²) < 4.78 is 32.2. The minimum absolute atomic E-state index is 0.111. The summed E-state index contributed by atoms with van der Waals surface area (Å²) in [6.45, 7) is 12.9. The van der Waals surface area contributed by atoms with Crippen LogP contribution in [0, 0.1) is 38.9 Å². The second-order valence-corrected chi connectivity index (χ2v) is 19.0. The SMILES string of the molecule is C=C(Cl)Cl.CC12CC3CC(C)(C1)CC(Br)(C3)C2.CC12CC3CC(C)(C1)CC(CC(=O)O)(C3)C2.O=S(=O)(O)O. The number of carbonyl (C=O) groups is 1. The molecule has 8 aliphatic rings. The van der Waals surface area contributed by atoms with Crippen LogP contribution in [0.2, 0.25) is 0 Å². The third kappa shape index (κ3) is 8.82. The van der Waals surface area contributed by atoms with Gasteiger partial charge in [0.25, 0.3) is 0 Å². The molecule has 8 fully saturated rings. The monoisotopic (exact) mass is 658 g/mol. The molecule has 6 nitrogen and oxygen atoms in total. The van der Waals surface area contributed by atoms with Crippen LogP contribution in [-0.2, 0) is 15.2 Å². The van der Waals surface area contributed by atoms with Crippen LogP contribution in [0.5, 0.6) is 0 Å². The molecule has 10 heteroatoms. The van der Waals surface area contributed by atoms with E-state index in [-0.39, 0.29) is 9.91 Å². The highest BCUT2D eigenvalue weighted by atomic mass is 79.9. The molecule has 3 N–H and O–H groups in total. The molecule has 8 bridgehead atoms. The van der Waals surface area contributed by atoms with Gasteiger partial charge in [0, 0.05) is 4.32 Å². The fraction of sp³-hybridized carbons (Fsp3) is 0.893. The first-order chi connectivity index (χ1) is 17.0. The Morgan fingerprint density at radius 3 is 1.37 bits per heavy atom. The van der Waals surface area contributed by atoms with E-state index in [4.69, 9.17) is 45.8 Å². The molecule has 0 aromatic carbocycles. The maximum atomic E-state index is 11.1. The van der Waals surface area contributed by atoms with Gasteiger partial charge in [-0.05, 0) is 116 Å². The van der Waals surface area contributed by atoms with Crippen molar-refractivity contribution in [2.75, 3.05) is 0 Å². The minimum atomic E-state index is -4.67. The standard InChI is InChI=1S/C14H22O2.C12H19Br.C2H2Cl2.H2O4S/c1-12-3-10-4-13(2,7-12)9-14(5-10,8-12)6-11(15)16;1-10-3-9-4-11(2,6-10)8-12(13,5-9)7-10;1-2(3)4;1-5(2,3)4/h10H,3-9H2,1-2H3,(H,15,16);9H,3-8H2,1-2H3;1H2;(H2,1,2,3,4). The molecule has 8 rings (SSSR count). The van der Waals surface area contributed by atoms with Crippen LogP contribution >= 0.6 is 39.1 Å². The molecule has 0 heterocycles. The lowest BCUT2D eigenvalue weighted by Crippen LogP contribution is -2.55. The molecule has 0 spiro atoms. The van der Waals surface area contributed by atoms with Crippen molar-refractivity contribution in [2.45, 2.75) is 115 Å². The van der Waals surface area contributed by atoms with Gasteiger partial charge in [0.15, 0.2) is 0 Å². The van der Waals surface area contributed by atoms with E-state index in [0.29, 0.717) is 32.4 Å². The predicted molar refractivity (Wildman–Crippen MR) is 156 cm³/mol. The molecule has 0 aliphatic heterocycles. The van der Waals surface area contributed by atoms with E-state index in [1.165, 1.54) is 77.0 Å². The number of rotatable bonds is 2. The Hall–Kier alpha value is 0.140. The summed E-state index contributed by atoms with van der Waals surface area (Å²) in [7, 11) is -4.67. The molecular formula is C28H45BrCl2O6S. The molecule has 0 radical (unpaired) electrons. The van der Waals surface area contributed by atoms with Crippen molar-refractivity contribution in [3.05, 3.63) is 11.1 Å². The normalized spacial score (nSPS) is 47.1. The van der Waals surface area contributed by atoms with Gasteiger partial charge in [0.1, 0.15) is 0 Å². The van der Waals surface area contributed by atoms with Crippen LogP contribution < -0.4 is 0 Å². The number of hydrogen-bond donors (Lipinski definition) is 3. The van der Waals surface area contributed by atoms with Gasteiger partial charge in [-0.25, -0.2) is 0 Å². The van der Waals surface area contributed by atoms with Gasteiger partial charge in [-0.3, -0.25) is 13.9 Å². The number of aliphatic carboxylic acids is 1. The van der Waals surface area contributed by atoms with E-state index in [1.54, 1.807) is 0 Å². The average Bonchev–Trinajstić information content (AvgIpc) is 2.50. The lowest BCUT2D eigenvalue weighted by Gasteiger charge is -2.65. The number of alkyl halides is 1. The summed E-state index contributed by atoms with van der Waals surface area (Å²) in [5, 5.41) is 9.14. The molecule has 4 unspecified atom stereocenters. The first-order valence-corrected chi connectivity index (χ1v) is 16.5. The molecule has 38 heavy (non-hydrogen) atoms. The molecule has 8 saturated carbocycles. The minimum Gasteiger partial charge on any atom is -0.481 e. The number of carboxylic acid groups (broad SMARTS) is 1. The Kier molecular flexibility index (Phi) is 9.25. The van der Waals surface area contributed by atoms with Crippen molar-refractivity contribution >= 4 is 55.5 Å². The van der Waals surface area contributed by atoms with Crippen LogP contribution in [-0.4, -0.2) is 32.9 Å². The quantitative estimate of drug-likeness (QED) is 0.202.